The smallest absolute Gasteiger partial charge is 0.141 e. The van der Waals surface area contributed by atoms with Gasteiger partial charge in [-0.2, -0.15) is 0 Å². The zero-order valence-electron chi connectivity index (χ0n) is 12.4. The molecule has 3 nitrogen and oxygen atoms in total. The Balaban J connectivity index is 1.98. The van der Waals surface area contributed by atoms with Crippen LogP contribution in [0.4, 0.5) is 5.69 Å². The fourth-order valence-corrected chi connectivity index (χ4v) is 2.37. The second-order valence-corrected chi connectivity index (χ2v) is 5.96. The van der Waals surface area contributed by atoms with Crippen molar-refractivity contribution in [1.29, 1.82) is 0 Å². The van der Waals surface area contributed by atoms with E-state index in [1.807, 2.05) is 12.1 Å². The summed E-state index contributed by atoms with van der Waals surface area (Å²) >= 11 is 0. The van der Waals surface area contributed by atoms with Crippen LogP contribution in [-0.2, 0) is 6.54 Å². The summed E-state index contributed by atoms with van der Waals surface area (Å²) < 4.78 is 5.21. The van der Waals surface area contributed by atoms with Gasteiger partial charge in [-0.05, 0) is 49.4 Å². The van der Waals surface area contributed by atoms with Gasteiger partial charge in [0.1, 0.15) is 5.75 Å². The van der Waals surface area contributed by atoms with Crippen LogP contribution in [-0.4, -0.2) is 24.6 Å². The Kier molecular flexibility index (Phi) is 4.70. The molecule has 3 heteroatoms. The van der Waals surface area contributed by atoms with Gasteiger partial charge in [0, 0.05) is 12.6 Å². The van der Waals surface area contributed by atoms with Crippen LogP contribution in [0.2, 0.25) is 0 Å². The highest BCUT2D eigenvalue weighted by Crippen LogP contribution is 2.30. The molecule has 0 atom stereocenters. The summed E-state index contributed by atoms with van der Waals surface area (Å²) in [5, 5.41) is 0. The molecule has 2 N–H and O–H groups in total. The van der Waals surface area contributed by atoms with Crippen molar-refractivity contribution in [1.82, 2.24) is 4.90 Å². The first kappa shape index (κ1) is 14.2. The maximum Gasteiger partial charge on any atom is 0.141 e. The summed E-state index contributed by atoms with van der Waals surface area (Å²) in [6, 6.07) is 6.93. The molecule has 19 heavy (non-hydrogen) atoms. The first-order chi connectivity index (χ1) is 9.10. The number of benzene rings is 1. The van der Waals surface area contributed by atoms with Crippen LogP contribution in [0.15, 0.2) is 18.2 Å². The molecule has 0 saturated heterocycles. The Bertz CT molecular complexity index is 413. The van der Waals surface area contributed by atoms with Gasteiger partial charge in [0.15, 0.2) is 0 Å². The van der Waals surface area contributed by atoms with Gasteiger partial charge < -0.3 is 10.5 Å². The molecule has 0 unspecified atom stereocenters. The lowest BCUT2D eigenvalue weighted by Crippen LogP contribution is -2.27. The Hall–Kier alpha value is -1.22. The van der Waals surface area contributed by atoms with Crippen LogP contribution in [0, 0.1) is 5.92 Å². The molecule has 2 rings (SSSR count). The number of hydrogen-bond donors (Lipinski definition) is 1. The lowest BCUT2D eigenvalue weighted by molar-refractivity contribution is 0.239. The highest BCUT2D eigenvalue weighted by molar-refractivity contribution is 5.54. The van der Waals surface area contributed by atoms with Gasteiger partial charge in [0.2, 0.25) is 0 Å². The second-order valence-electron chi connectivity index (χ2n) is 5.96. The van der Waals surface area contributed by atoms with Crippen LogP contribution in [0.25, 0.3) is 0 Å². The maximum absolute atomic E-state index is 5.98. The largest absolute Gasteiger partial charge is 0.495 e. The lowest BCUT2D eigenvalue weighted by Gasteiger charge is -2.23. The van der Waals surface area contributed by atoms with E-state index < -0.39 is 0 Å². The van der Waals surface area contributed by atoms with E-state index in [4.69, 9.17) is 10.5 Å². The Labute approximate surface area is 116 Å². The molecule has 106 valence electrons. The van der Waals surface area contributed by atoms with Gasteiger partial charge >= 0.3 is 0 Å². The molecule has 1 aromatic rings. The fraction of sp³-hybridized carbons (Fsp3) is 0.625. The number of nitrogens with zero attached hydrogens (tertiary/aromatic N) is 1. The van der Waals surface area contributed by atoms with Gasteiger partial charge in [-0.15, -0.1) is 0 Å². The average Bonchev–Trinajstić information content (AvgIpc) is 3.18. The van der Waals surface area contributed by atoms with Crippen molar-refractivity contribution in [2.45, 2.75) is 45.7 Å². The summed E-state index contributed by atoms with van der Waals surface area (Å²) in [7, 11) is 1.66. The quantitative estimate of drug-likeness (QED) is 0.766. The fourth-order valence-electron chi connectivity index (χ4n) is 2.37. The number of nitrogens with two attached hydrogens (primary N) is 1. The van der Waals surface area contributed by atoms with Crippen molar-refractivity contribution in [2.24, 2.45) is 5.92 Å². The average molecular weight is 262 g/mol. The van der Waals surface area contributed by atoms with Crippen LogP contribution in [0.5, 0.6) is 5.75 Å². The molecule has 0 spiro atoms. The molecule has 0 heterocycles. The third kappa shape index (κ3) is 4.13. The summed E-state index contributed by atoms with van der Waals surface area (Å²) in [5.74, 6) is 1.53. The predicted molar refractivity (Wildman–Crippen MR) is 80.3 cm³/mol. The molecule has 1 aliphatic rings. The van der Waals surface area contributed by atoms with Crippen molar-refractivity contribution in [2.75, 3.05) is 19.4 Å². The first-order valence-corrected chi connectivity index (χ1v) is 7.26. The van der Waals surface area contributed by atoms with E-state index in [1.165, 1.54) is 31.4 Å². The highest BCUT2D eigenvalue weighted by atomic mass is 16.5. The third-order valence-electron chi connectivity index (χ3n) is 3.74. The molecule has 1 aromatic carbocycles. The van der Waals surface area contributed by atoms with Crippen molar-refractivity contribution >= 4 is 5.69 Å². The molecule has 1 fully saturated rings. The SMILES string of the molecule is COc1ccc(CN(CCC(C)C)C2CC2)cc1N. The van der Waals surface area contributed by atoms with Gasteiger partial charge in [-0.3, -0.25) is 4.90 Å². The van der Waals surface area contributed by atoms with E-state index in [2.05, 4.69) is 24.8 Å². The van der Waals surface area contributed by atoms with Crippen molar-refractivity contribution in [3.05, 3.63) is 23.8 Å². The predicted octanol–water partition coefficient (Wildman–Crippen LogP) is 3.29. The molecule has 0 aliphatic heterocycles. The summed E-state index contributed by atoms with van der Waals surface area (Å²) in [5.41, 5.74) is 8.00. The van der Waals surface area contributed by atoms with Gasteiger partial charge in [0.05, 0.1) is 12.8 Å². The second kappa shape index (κ2) is 6.29. The molecule has 0 amide bonds. The van der Waals surface area contributed by atoms with E-state index in [9.17, 15) is 0 Å². The number of ether oxygens (including phenoxy) is 1. The molecule has 0 radical (unpaired) electrons. The Morgan fingerprint density at radius 1 is 1.37 bits per heavy atom. The number of anilines is 1. The minimum Gasteiger partial charge on any atom is -0.495 e. The van der Waals surface area contributed by atoms with Gasteiger partial charge in [-0.1, -0.05) is 19.9 Å². The topological polar surface area (TPSA) is 38.5 Å². The number of nitrogen functional groups attached to an aromatic ring is 1. The third-order valence-corrected chi connectivity index (χ3v) is 3.74. The standard InChI is InChI=1S/C16H26N2O/c1-12(2)8-9-18(14-5-6-14)11-13-4-7-16(19-3)15(17)10-13/h4,7,10,12,14H,5-6,8-9,11,17H2,1-3H3. The zero-order chi connectivity index (χ0) is 13.8. The van der Waals surface area contributed by atoms with Crippen molar-refractivity contribution in [3.63, 3.8) is 0 Å². The molecule has 1 saturated carbocycles. The molecule has 0 aromatic heterocycles. The van der Waals surface area contributed by atoms with Gasteiger partial charge in [0.25, 0.3) is 0 Å². The number of hydrogen-bond acceptors (Lipinski definition) is 3. The van der Waals surface area contributed by atoms with Crippen molar-refractivity contribution in [3.8, 4) is 5.75 Å². The summed E-state index contributed by atoms with van der Waals surface area (Å²) in [6.07, 6.45) is 3.97. The molecule has 0 bridgehead atoms. The molecular formula is C16H26N2O. The Morgan fingerprint density at radius 2 is 2.11 bits per heavy atom. The van der Waals surface area contributed by atoms with Crippen LogP contribution >= 0.6 is 0 Å². The van der Waals surface area contributed by atoms with E-state index in [1.54, 1.807) is 7.11 Å². The first-order valence-electron chi connectivity index (χ1n) is 7.26. The lowest BCUT2D eigenvalue weighted by atomic mass is 10.1. The van der Waals surface area contributed by atoms with Crippen molar-refractivity contribution < 1.29 is 4.74 Å². The van der Waals surface area contributed by atoms with Crippen LogP contribution in [0.1, 0.15) is 38.7 Å². The summed E-state index contributed by atoms with van der Waals surface area (Å²) in [6.45, 7) is 6.77. The monoisotopic (exact) mass is 262 g/mol. The van der Waals surface area contributed by atoms with Crippen LogP contribution < -0.4 is 10.5 Å². The minimum absolute atomic E-state index is 0.736. The normalized spacial score (nSPS) is 15.2. The van der Waals surface area contributed by atoms with Crippen LogP contribution in [0.3, 0.4) is 0 Å². The number of rotatable bonds is 7. The number of methoxy groups -OCH3 is 1. The highest BCUT2D eigenvalue weighted by Gasteiger charge is 2.28. The van der Waals surface area contributed by atoms with E-state index in [0.717, 1.165) is 29.9 Å². The van der Waals surface area contributed by atoms with E-state index >= 15 is 0 Å². The van der Waals surface area contributed by atoms with E-state index in [0.29, 0.717) is 0 Å². The Morgan fingerprint density at radius 3 is 2.63 bits per heavy atom. The molecule has 1 aliphatic carbocycles. The maximum atomic E-state index is 5.98. The zero-order valence-corrected chi connectivity index (χ0v) is 12.4. The van der Waals surface area contributed by atoms with Gasteiger partial charge in [-0.25, -0.2) is 0 Å². The summed E-state index contributed by atoms with van der Waals surface area (Å²) in [4.78, 5) is 2.60. The molecular weight excluding hydrogens is 236 g/mol. The van der Waals surface area contributed by atoms with E-state index in [-0.39, 0.29) is 0 Å². The minimum atomic E-state index is 0.736.